The second kappa shape index (κ2) is 3.38. The van der Waals surface area contributed by atoms with Crippen LogP contribution in [0.3, 0.4) is 0 Å². The van der Waals surface area contributed by atoms with E-state index in [0.717, 1.165) is 12.8 Å². The van der Waals surface area contributed by atoms with Crippen molar-refractivity contribution in [1.82, 2.24) is 4.98 Å². The maximum absolute atomic E-state index is 10.8. The lowest BCUT2D eigenvalue weighted by molar-refractivity contribution is -0.384. The van der Waals surface area contributed by atoms with Crippen LogP contribution in [0.15, 0.2) is 6.07 Å². The van der Waals surface area contributed by atoms with Crippen molar-refractivity contribution in [3.63, 3.8) is 0 Å². The molecule has 15 heavy (non-hydrogen) atoms. The number of nitrogen functional groups attached to an aromatic ring is 1. The first-order valence-corrected chi connectivity index (χ1v) is 4.62. The zero-order valence-electron chi connectivity index (χ0n) is 8.27. The van der Waals surface area contributed by atoms with Gasteiger partial charge in [0.15, 0.2) is 0 Å². The van der Waals surface area contributed by atoms with Gasteiger partial charge in [-0.2, -0.15) is 4.98 Å². The summed E-state index contributed by atoms with van der Waals surface area (Å²) in [5, 5.41) is 10.8. The first kappa shape index (κ1) is 9.70. The average molecular weight is 209 g/mol. The highest BCUT2D eigenvalue weighted by Gasteiger charge is 2.33. The number of anilines is 1. The first-order chi connectivity index (χ1) is 7.13. The minimum Gasteiger partial charge on any atom is -0.481 e. The highest BCUT2D eigenvalue weighted by molar-refractivity contribution is 5.61. The first-order valence-electron chi connectivity index (χ1n) is 4.62. The van der Waals surface area contributed by atoms with E-state index < -0.39 is 4.92 Å². The monoisotopic (exact) mass is 209 g/mol. The van der Waals surface area contributed by atoms with Gasteiger partial charge in [0.05, 0.1) is 12.0 Å². The van der Waals surface area contributed by atoms with E-state index >= 15 is 0 Å². The summed E-state index contributed by atoms with van der Waals surface area (Å²) in [6.45, 7) is 0. The van der Waals surface area contributed by atoms with Gasteiger partial charge in [0.25, 0.3) is 0 Å². The second-order valence-corrected chi connectivity index (χ2v) is 3.52. The largest absolute Gasteiger partial charge is 0.481 e. The summed E-state index contributed by atoms with van der Waals surface area (Å²) in [5.41, 5.74) is 6.10. The fourth-order valence-electron chi connectivity index (χ4n) is 1.56. The van der Waals surface area contributed by atoms with E-state index in [4.69, 9.17) is 10.5 Å². The molecular formula is C9H11N3O3. The van der Waals surface area contributed by atoms with Crippen molar-refractivity contribution in [2.45, 2.75) is 18.8 Å². The summed E-state index contributed by atoms with van der Waals surface area (Å²) in [4.78, 5) is 14.1. The molecule has 1 aromatic heterocycles. The average Bonchev–Trinajstić information content (AvgIpc) is 2.98. The molecule has 0 aromatic carbocycles. The SMILES string of the molecule is COc1cc(C2CC2)c([N+](=O)[O-])c(N)n1. The van der Waals surface area contributed by atoms with Gasteiger partial charge in [0, 0.05) is 11.6 Å². The van der Waals surface area contributed by atoms with Gasteiger partial charge in [-0.15, -0.1) is 0 Å². The van der Waals surface area contributed by atoms with Gasteiger partial charge >= 0.3 is 5.69 Å². The zero-order chi connectivity index (χ0) is 11.0. The third-order valence-corrected chi connectivity index (χ3v) is 2.43. The van der Waals surface area contributed by atoms with E-state index in [1.165, 1.54) is 7.11 Å². The maximum Gasteiger partial charge on any atom is 0.314 e. The van der Waals surface area contributed by atoms with Gasteiger partial charge in [-0.25, -0.2) is 0 Å². The normalized spacial score (nSPS) is 15.0. The Balaban J connectivity index is 2.55. The number of nitrogens with two attached hydrogens (primary N) is 1. The summed E-state index contributed by atoms with van der Waals surface area (Å²) in [6, 6.07) is 1.60. The van der Waals surface area contributed by atoms with Crippen molar-refractivity contribution in [3.05, 3.63) is 21.7 Å². The molecule has 1 aromatic rings. The lowest BCUT2D eigenvalue weighted by Gasteiger charge is -2.06. The molecule has 0 amide bonds. The quantitative estimate of drug-likeness (QED) is 0.601. The molecule has 0 spiro atoms. The highest BCUT2D eigenvalue weighted by Crippen LogP contribution is 2.46. The van der Waals surface area contributed by atoms with Crippen LogP contribution in [-0.4, -0.2) is 17.0 Å². The summed E-state index contributed by atoms with van der Waals surface area (Å²) in [7, 11) is 1.46. The van der Waals surface area contributed by atoms with E-state index in [1.807, 2.05) is 0 Å². The van der Waals surface area contributed by atoms with Gasteiger partial charge < -0.3 is 10.5 Å². The number of hydrogen-bond acceptors (Lipinski definition) is 5. The lowest BCUT2D eigenvalue weighted by Crippen LogP contribution is -2.03. The molecule has 0 bridgehead atoms. The molecular weight excluding hydrogens is 198 g/mol. The third kappa shape index (κ3) is 1.70. The Hall–Kier alpha value is -1.85. The van der Waals surface area contributed by atoms with Crippen LogP contribution in [0.5, 0.6) is 5.88 Å². The smallest absolute Gasteiger partial charge is 0.314 e. The standard InChI is InChI=1S/C9H11N3O3/c1-15-7-4-6(5-2-3-5)8(12(13)14)9(10)11-7/h4-5H,2-3H2,1H3,(H2,10,11). The number of methoxy groups -OCH3 is 1. The molecule has 1 aliphatic rings. The van der Waals surface area contributed by atoms with Crippen LogP contribution in [0.4, 0.5) is 11.5 Å². The van der Waals surface area contributed by atoms with Gasteiger partial charge in [-0.05, 0) is 18.8 Å². The van der Waals surface area contributed by atoms with Crippen LogP contribution < -0.4 is 10.5 Å². The minimum atomic E-state index is -0.477. The van der Waals surface area contributed by atoms with Gasteiger partial charge in [0.1, 0.15) is 0 Å². The van der Waals surface area contributed by atoms with E-state index in [1.54, 1.807) is 6.07 Å². The summed E-state index contributed by atoms with van der Waals surface area (Å²) in [6.07, 6.45) is 1.93. The second-order valence-electron chi connectivity index (χ2n) is 3.52. The number of nitrogens with zero attached hydrogens (tertiary/aromatic N) is 2. The van der Waals surface area contributed by atoms with Crippen molar-refractivity contribution < 1.29 is 9.66 Å². The lowest BCUT2D eigenvalue weighted by atomic mass is 10.1. The molecule has 80 valence electrons. The Bertz CT molecular complexity index is 415. The third-order valence-electron chi connectivity index (χ3n) is 2.43. The van der Waals surface area contributed by atoms with Crippen LogP contribution in [0.1, 0.15) is 24.3 Å². The van der Waals surface area contributed by atoms with Crippen LogP contribution in [0, 0.1) is 10.1 Å². The fourth-order valence-corrected chi connectivity index (χ4v) is 1.56. The zero-order valence-corrected chi connectivity index (χ0v) is 8.27. The minimum absolute atomic E-state index is 0.0683. The summed E-state index contributed by atoms with van der Waals surface area (Å²) < 4.78 is 4.93. The Kier molecular flexibility index (Phi) is 2.18. The molecule has 6 nitrogen and oxygen atoms in total. The molecule has 2 N–H and O–H groups in total. The van der Waals surface area contributed by atoms with E-state index in [2.05, 4.69) is 4.98 Å². The van der Waals surface area contributed by atoms with Crippen molar-refractivity contribution in [3.8, 4) is 5.88 Å². The summed E-state index contributed by atoms with van der Waals surface area (Å²) in [5.74, 6) is 0.505. The number of nitro groups is 1. The van der Waals surface area contributed by atoms with Crippen molar-refractivity contribution in [2.75, 3.05) is 12.8 Å². The van der Waals surface area contributed by atoms with Crippen LogP contribution in [0.2, 0.25) is 0 Å². The highest BCUT2D eigenvalue weighted by atomic mass is 16.6. The number of rotatable bonds is 3. The Morgan fingerprint density at radius 3 is 2.80 bits per heavy atom. The van der Waals surface area contributed by atoms with E-state index in [0.29, 0.717) is 11.4 Å². The number of hydrogen-bond donors (Lipinski definition) is 1. The van der Waals surface area contributed by atoms with Crippen LogP contribution in [0.25, 0.3) is 0 Å². The number of pyridine rings is 1. The van der Waals surface area contributed by atoms with Gasteiger partial charge in [-0.3, -0.25) is 10.1 Å². The molecule has 6 heteroatoms. The summed E-state index contributed by atoms with van der Waals surface area (Å²) >= 11 is 0. The van der Waals surface area contributed by atoms with Gasteiger partial charge in [-0.1, -0.05) is 0 Å². The number of aromatic nitrogens is 1. The Labute approximate surface area is 86.2 Å². The van der Waals surface area contributed by atoms with E-state index in [-0.39, 0.29) is 17.4 Å². The van der Waals surface area contributed by atoms with Crippen LogP contribution >= 0.6 is 0 Å². The Morgan fingerprint density at radius 1 is 1.67 bits per heavy atom. The molecule has 0 radical (unpaired) electrons. The van der Waals surface area contributed by atoms with Crippen molar-refractivity contribution >= 4 is 11.5 Å². The molecule has 0 aliphatic heterocycles. The molecule has 0 atom stereocenters. The topological polar surface area (TPSA) is 91.3 Å². The molecule has 1 heterocycles. The molecule has 0 unspecified atom stereocenters. The maximum atomic E-state index is 10.8. The molecule has 1 fully saturated rings. The number of ether oxygens (including phenoxy) is 1. The predicted molar refractivity (Wildman–Crippen MR) is 53.8 cm³/mol. The molecule has 2 rings (SSSR count). The van der Waals surface area contributed by atoms with Crippen molar-refractivity contribution in [1.29, 1.82) is 0 Å². The predicted octanol–water partition coefficient (Wildman–Crippen LogP) is 1.46. The molecule has 1 saturated carbocycles. The Morgan fingerprint density at radius 2 is 2.33 bits per heavy atom. The van der Waals surface area contributed by atoms with Gasteiger partial charge in [0.2, 0.25) is 11.7 Å². The molecule has 0 saturated heterocycles. The van der Waals surface area contributed by atoms with Crippen LogP contribution in [-0.2, 0) is 0 Å². The molecule has 1 aliphatic carbocycles. The fraction of sp³-hybridized carbons (Fsp3) is 0.444. The van der Waals surface area contributed by atoms with E-state index in [9.17, 15) is 10.1 Å². The van der Waals surface area contributed by atoms with Crippen molar-refractivity contribution in [2.24, 2.45) is 0 Å².